The smallest absolute Gasteiger partial charge is 0.338 e. The Balaban J connectivity index is 1.52. The molecule has 1 aromatic heterocycles. The highest BCUT2D eigenvalue weighted by Gasteiger charge is 2.49. The van der Waals surface area contributed by atoms with Gasteiger partial charge < -0.3 is 19.9 Å². The Morgan fingerprint density at radius 2 is 2.26 bits per heavy atom. The minimum Gasteiger partial charge on any atom is -0.481 e. The summed E-state index contributed by atoms with van der Waals surface area (Å²) < 4.78 is 25.4. The van der Waals surface area contributed by atoms with E-state index in [1.807, 2.05) is 5.38 Å². The van der Waals surface area contributed by atoms with E-state index in [0.717, 1.165) is 0 Å². The van der Waals surface area contributed by atoms with E-state index in [2.05, 4.69) is 21.1 Å². The molecule has 11 heteroatoms. The molecular weight excluding hydrogens is 511 g/mol. The van der Waals surface area contributed by atoms with E-state index >= 15 is 0 Å². The van der Waals surface area contributed by atoms with Crippen molar-refractivity contribution in [1.29, 1.82) is 0 Å². The zero-order valence-electron chi connectivity index (χ0n) is 20.7. The van der Waals surface area contributed by atoms with Gasteiger partial charge in [0.1, 0.15) is 11.9 Å². The number of ether oxygens (including phenoxy) is 2. The molecular formula is C27H27FN4O5S. The molecule has 2 fully saturated rings. The van der Waals surface area contributed by atoms with Gasteiger partial charge in [0.05, 0.1) is 30.8 Å². The lowest BCUT2D eigenvalue weighted by molar-refractivity contribution is -0.140. The molecule has 0 spiro atoms. The summed E-state index contributed by atoms with van der Waals surface area (Å²) in [5, 5.41) is 15.1. The molecule has 1 saturated carbocycles. The number of carboxylic acid groups (broad SMARTS) is 1. The number of thiazole rings is 1. The Hall–Kier alpha value is -3.59. The average molecular weight is 539 g/mol. The van der Waals surface area contributed by atoms with Gasteiger partial charge in [0.2, 0.25) is 0 Å². The molecule has 2 N–H and O–H groups in total. The second-order valence-electron chi connectivity index (χ2n) is 9.32. The van der Waals surface area contributed by atoms with E-state index in [0.29, 0.717) is 60.3 Å². The second-order valence-corrected chi connectivity index (χ2v) is 10.2. The number of hydrogen-bond donors (Lipinski definition) is 2. The van der Waals surface area contributed by atoms with Crippen LogP contribution in [0.15, 0.2) is 46.0 Å². The number of esters is 1. The van der Waals surface area contributed by atoms with Crippen LogP contribution in [-0.4, -0.2) is 71.7 Å². The van der Waals surface area contributed by atoms with Gasteiger partial charge in [-0.1, -0.05) is 12.0 Å². The van der Waals surface area contributed by atoms with Crippen molar-refractivity contribution < 1.29 is 28.6 Å². The number of amidine groups is 1. The number of aromatic nitrogens is 1. The van der Waals surface area contributed by atoms with Crippen molar-refractivity contribution in [3.8, 4) is 12.3 Å². The number of morpholine rings is 1. The quantitative estimate of drug-likeness (QED) is 0.390. The van der Waals surface area contributed by atoms with E-state index in [4.69, 9.17) is 20.9 Å². The third-order valence-electron chi connectivity index (χ3n) is 6.92. The molecule has 198 valence electrons. The van der Waals surface area contributed by atoms with Crippen molar-refractivity contribution in [2.75, 3.05) is 32.8 Å². The molecule has 1 saturated heterocycles. The Kier molecular flexibility index (Phi) is 7.56. The SMILES string of the molecule is C#Cc1cc(F)ccc1C1N=C(c2nccs2)NC(CN2CCOC([C@H]3CC3C(=O)O)C2)=C1C(=O)OCC. The minimum atomic E-state index is -0.840. The zero-order valence-corrected chi connectivity index (χ0v) is 21.5. The summed E-state index contributed by atoms with van der Waals surface area (Å²) >= 11 is 1.39. The number of hydrogen-bond acceptors (Lipinski definition) is 9. The average Bonchev–Trinajstić information content (AvgIpc) is 3.54. The summed E-state index contributed by atoms with van der Waals surface area (Å²) in [6, 6.07) is 3.25. The van der Waals surface area contributed by atoms with Crippen LogP contribution >= 0.6 is 11.3 Å². The summed E-state index contributed by atoms with van der Waals surface area (Å²) in [6.45, 7) is 3.80. The fraction of sp³-hybridized carbons (Fsp3) is 0.407. The highest BCUT2D eigenvalue weighted by molar-refractivity contribution is 7.11. The minimum absolute atomic E-state index is 0.0225. The number of aliphatic imine (C=N–C) groups is 1. The molecule has 38 heavy (non-hydrogen) atoms. The van der Waals surface area contributed by atoms with Crippen LogP contribution in [0.4, 0.5) is 4.39 Å². The van der Waals surface area contributed by atoms with Crippen LogP contribution in [-0.2, 0) is 19.1 Å². The zero-order chi connectivity index (χ0) is 26.8. The second kappa shape index (κ2) is 11.0. The fourth-order valence-corrected chi connectivity index (χ4v) is 5.59. The summed E-state index contributed by atoms with van der Waals surface area (Å²) in [5.41, 5.74) is 1.66. The predicted molar refractivity (Wildman–Crippen MR) is 138 cm³/mol. The van der Waals surface area contributed by atoms with E-state index in [1.165, 1.54) is 23.5 Å². The number of carbonyl (C=O) groups excluding carboxylic acids is 1. The number of carbonyl (C=O) groups is 2. The molecule has 1 aromatic carbocycles. The van der Waals surface area contributed by atoms with Gasteiger partial charge in [0, 0.05) is 48.4 Å². The number of aliphatic carboxylic acids is 1. The van der Waals surface area contributed by atoms with Gasteiger partial charge in [0.25, 0.3) is 0 Å². The van der Waals surface area contributed by atoms with Crippen molar-refractivity contribution in [3.63, 3.8) is 0 Å². The Morgan fingerprint density at radius 3 is 2.95 bits per heavy atom. The first kappa shape index (κ1) is 26.0. The van der Waals surface area contributed by atoms with E-state index in [9.17, 15) is 19.1 Å². The molecule has 4 atom stereocenters. The van der Waals surface area contributed by atoms with Crippen LogP contribution in [0.2, 0.25) is 0 Å². The molecule has 3 aliphatic rings. The first-order valence-corrected chi connectivity index (χ1v) is 13.2. The van der Waals surface area contributed by atoms with Gasteiger partial charge in [0.15, 0.2) is 10.8 Å². The summed E-state index contributed by atoms with van der Waals surface area (Å²) in [5.74, 6) is 0.754. The maximum Gasteiger partial charge on any atom is 0.338 e. The monoisotopic (exact) mass is 538 g/mol. The lowest BCUT2D eigenvalue weighted by Gasteiger charge is -2.35. The molecule has 5 rings (SSSR count). The van der Waals surface area contributed by atoms with Crippen molar-refractivity contribution >= 4 is 29.1 Å². The standard InChI is InChI=1S/C27H27FN4O5S/c1-3-15-11-16(28)5-6-17(15)23-22(27(35)36-4-2)20(30-24(31-23)25-29-7-10-38-25)13-32-8-9-37-21(14-32)18-12-19(18)26(33)34/h1,5-7,10-11,18-19,21,23H,4,8-9,12-14H2,2H3,(H,30,31)(H,33,34)/t18-,19?,21?,23?/m0/s1. The normalized spacial score (nSPS) is 25.2. The summed E-state index contributed by atoms with van der Waals surface area (Å²) in [4.78, 5) is 36.1. The molecule has 0 bridgehead atoms. The van der Waals surface area contributed by atoms with Gasteiger partial charge in [-0.3, -0.25) is 14.7 Å². The first-order valence-electron chi connectivity index (χ1n) is 12.4. The molecule has 3 unspecified atom stereocenters. The van der Waals surface area contributed by atoms with Crippen LogP contribution in [0.1, 0.15) is 35.5 Å². The number of rotatable bonds is 8. The van der Waals surface area contributed by atoms with Gasteiger partial charge in [-0.25, -0.2) is 14.2 Å². The van der Waals surface area contributed by atoms with Crippen molar-refractivity contribution in [3.05, 3.63) is 63.0 Å². The van der Waals surface area contributed by atoms with Crippen molar-refractivity contribution in [2.24, 2.45) is 16.8 Å². The van der Waals surface area contributed by atoms with Gasteiger partial charge in [-0.05, 0) is 31.0 Å². The number of halogens is 1. The highest BCUT2D eigenvalue weighted by atomic mass is 32.1. The number of terminal acetylenes is 1. The molecule has 3 heterocycles. The molecule has 9 nitrogen and oxygen atoms in total. The number of nitrogens with zero attached hydrogens (tertiary/aromatic N) is 3. The lowest BCUT2D eigenvalue weighted by Crippen LogP contribution is -2.47. The Labute approximate surface area is 223 Å². The summed E-state index contributed by atoms with van der Waals surface area (Å²) in [6.07, 6.45) is 7.78. The molecule has 0 amide bonds. The fourth-order valence-electron chi connectivity index (χ4n) is 5.00. The van der Waals surface area contributed by atoms with Crippen molar-refractivity contribution in [1.82, 2.24) is 15.2 Å². The van der Waals surface area contributed by atoms with Crippen LogP contribution < -0.4 is 5.32 Å². The largest absolute Gasteiger partial charge is 0.481 e. The Bertz CT molecular complexity index is 1340. The molecule has 2 aromatic rings. The van der Waals surface area contributed by atoms with E-state index in [1.54, 1.807) is 19.2 Å². The predicted octanol–water partition coefficient (Wildman–Crippen LogP) is 2.59. The number of benzene rings is 1. The lowest BCUT2D eigenvalue weighted by atomic mass is 9.92. The van der Waals surface area contributed by atoms with E-state index in [-0.39, 0.29) is 30.1 Å². The van der Waals surface area contributed by atoms with Crippen LogP contribution in [0.25, 0.3) is 0 Å². The number of nitrogens with one attached hydrogen (secondary N) is 1. The van der Waals surface area contributed by atoms with Crippen LogP contribution in [0.5, 0.6) is 0 Å². The van der Waals surface area contributed by atoms with Gasteiger partial charge in [-0.2, -0.15) is 0 Å². The third kappa shape index (κ3) is 5.34. The molecule has 1 aliphatic carbocycles. The van der Waals surface area contributed by atoms with Gasteiger partial charge in [-0.15, -0.1) is 17.8 Å². The van der Waals surface area contributed by atoms with Gasteiger partial charge >= 0.3 is 11.9 Å². The summed E-state index contributed by atoms with van der Waals surface area (Å²) in [7, 11) is 0. The van der Waals surface area contributed by atoms with Crippen LogP contribution in [0.3, 0.4) is 0 Å². The highest BCUT2D eigenvalue weighted by Crippen LogP contribution is 2.43. The maximum atomic E-state index is 14.0. The van der Waals surface area contributed by atoms with E-state index < -0.39 is 23.8 Å². The first-order chi connectivity index (χ1) is 18.4. The topological polar surface area (TPSA) is 113 Å². The van der Waals surface area contributed by atoms with Crippen LogP contribution in [0, 0.1) is 30.0 Å². The third-order valence-corrected chi connectivity index (χ3v) is 7.70. The maximum absolute atomic E-state index is 14.0. The number of carboxylic acids is 1. The van der Waals surface area contributed by atoms with Crippen molar-refractivity contribution in [2.45, 2.75) is 25.5 Å². The Morgan fingerprint density at radius 1 is 1.42 bits per heavy atom. The molecule has 0 radical (unpaired) electrons. The molecule has 2 aliphatic heterocycles.